The minimum absolute atomic E-state index is 0.0403. The molecule has 2 bridgehead atoms. The summed E-state index contributed by atoms with van der Waals surface area (Å²) in [6, 6.07) is 4.86. The van der Waals surface area contributed by atoms with Gasteiger partial charge in [-0.2, -0.15) is 4.31 Å². The summed E-state index contributed by atoms with van der Waals surface area (Å²) in [6.45, 7) is 3.56. The molecule has 8 heteroatoms. The number of nitrogens with one attached hydrogen (secondary N) is 1. The van der Waals surface area contributed by atoms with Gasteiger partial charge in [0.2, 0.25) is 15.9 Å². The standard InChI is InChI=1S/C21H30N2O5S/c1-2-28-19-6-5-18(14-20(19)29(25,26)23-7-9-27-10-8-23)22-21(24)13-17-12-15-3-4-16(17)11-15/h5-6,14-17H,2-4,7-13H2,1H3,(H,22,24)/t15-,16-,17-/m1/s1. The second kappa shape index (κ2) is 8.62. The van der Waals surface area contributed by atoms with Gasteiger partial charge in [0, 0.05) is 25.2 Å². The van der Waals surface area contributed by atoms with Crippen LogP contribution in [-0.2, 0) is 19.6 Å². The summed E-state index contributed by atoms with van der Waals surface area (Å²) < 4.78 is 38.6. The van der Waals surface area contributed by atoms with Gasteiger partial charge in [-0.25, -0.2) is 8.42 Å². The average molecular weight is 423 g/mol. The molecule has 1 saturated heterocycles. The number of ether oxygens (including phenoxy) is 2. The van der Waals surface area contributed by atoms with E-state index in [1.807, 2.05) is 6.92 Å². The Labute approximate surface area is 172 Å². The van der Waals surface area contributed by atoms with Crippen LogP contribution >= 0.6 is 0 Å². The fraction of sp³-hybridized carbons (Fsp3) is 0.667. The van der Waals surface area contributed by atoms with Crippen LogP contribution in [0.15, 0.2) is 23.1 Å². The zero-order chi connectivity index (χ0) is 20.4. The number of nitrogens with zero attached hydrogens (tertiary/aromatic N) is 1. The molecule has 29 heavy (non-hydrogen) atoms. The number of sulfonamides is 1. The number of amides is 1. The molecular weight excluding hydrogens is 392 g/mol. The first-order valence-corrected chi connectivity index (χ1v) is 12.1. The molecule has 2 aliphatic carbocycles. The number of benzene rings is 1. The molecule has 4 rings (SSSR count). The van der Waals surface area contributed by atoms with Crippen LogP contribution in [-0.4, -0.2) is 51.5 Å². The molecule has 1 aromatic carbocycles. The molecule has 1 aliphatic heterocycles. The van der Waals surface area contributed by atoms with Crippen LogP contribution in [0.3, 0.4) is 0 Å². The SMILES string of the molecule is CCOc1ccc(NC(=O)C[C@H]2C[C@@H]3CC[C@@H]2C3)cc1S(=O)(=O)N1CCOCC1. The van der Waals surface area contributed by atoms with Crippen molar-refractivity contribution in [2.75, 3.05) is 38.2 Å². The predicted molar refractivity (Wildman–Crippen MR) is 109 cm³/mol. The third-order valence-corrected chi connectivity index (χ3v) is 8.37. The van der Waals surface area contributed by atoms with E-state index in [0.717, 1.165) is 12.3 Å². The summed E-state index contributed by atoms with van der Waals surface area (Å²) in [7, 11) is -3.73. The zero-order valence-electron chi connectivity index (χ0n) is 16.9. The predicted octanol–water partition coefficient (Wildman–Crippen LogP) is 2.87. The molecule has 1 amide bonds. The van der Waals surface area contributed by atoms with E-state index in [-0.39, 0.29) is 10.8 Å². The Balaban J connectivity index is 1.50. The largest absolute Gasteiger partial charge is 0.492 e. The van der Waals surface area contributed by atoms with Gasteiger partial charge in [0.1, 0.15) is 10.6 Å². The van der Waals surface area contributed by atoms with Crippen LogP contribution in [0.2, 0.25) is 0 Å². The minimum atomic E-state index is -3.73. The van der Waals surface area contributed by atoms with E-state index in [1.54, 1.807) is 12.1 Å². The highest BCUT2D eigenvalue weighted by atomic mass is 32.2. The van der Waals surface area contributed by atoms with Gasteiger partial charge in [0.05, 0.1) is 19.8 Å². The maximum atomic E-state index is 13.2. The van der Waals surface area contributed by atoms with Crippen molar-refractivity contribution in [2.24, 2.45) is 17.8 Å². The summed E-state index contributed by atoms with van der Waals surface area (Å²) in [6.07, 6.45) is 5.49. The van der Waals surface area contributed by atoms with Crippen LogP contribution < -0.4 is 10.1 Å². The highest BCUT2D eigenvalue weighted by Gasteiger charge is 2.40. The van der Waals surface area contributed by atoms with E-state index < -0.39 is 10.0 Å². The number of anilines is 1. The van der Waals surface area contributed by atoms with Crippen LogP contribution in [0.25, 0.3) is 0 Å². The van der Waals surface area contributed by atoms with Crippen LogP contribution in [0, 0.1) is 17.8 Å². The molecule has 0 radical (unpaired) electrons. The molecule has 0 unspecified atom stereocenters. The first kappa shape index (κ1) is 20.6. The minimum Gasteiger partial charge on any atom is -0.492 e. The molecular formula is C21H30N2O5S. The monoisotopic (exact) mass is 422 g/mol. The van der Waals surface area contributed by atoms with Gasteiger partial charge in [-0.1, -0.05) is 6.42 Å². The average Bonchev–Trinajstić information content (AvgIpc) is 3.33. The van der Waals surface area contributed by atoms with Crippen molar-refractivity contribution in [2.45, 2.75) is 43.9 Å². The second-order valence-corrected chi connectivity index (χ2v) is 10.2. The second-order valence-electron chi connectivity index (χ2n) is 8.30. The normalized spacial score (nSPS) is 27.1. The van der Waals surface area contributed by atoms with Crippen molar-refractivity contribution in [3.63, 3.8) is 0 Å². The Kier molecular flexibility index (Phi) is 6.13. The van der Waals surface area contributed by atoms with Crippen molar-refractivity contribution in [1.29, 1.82) is 0 Å². The van der Waals surface area contributed by atoms with E-state index in [4.69, 9.17) is 9.47 Å². The summed E-state index contributed by atoms with van der Waals surface area (Å²) in [5, 5.41) is 2.91. The molecule has 0 aromatic heterocycles. The molecule has 1 aromatic rings. The van der Waals surface area contributed by atoms with Gasteiger partial charge in [-0.05, 0) is 62.1 Å². The van der Waals surface area contributed by atoms with Crippen molar-refractivity contribution in [1.82, 2.24) is 4.31 Å². The van der Waals surface area contributed by atoms with E-state index in [2.05, 4.69) is 5.32 Å². The topological polar surface area (TPSA) is 84.9 Å². The molecule has 160 valence electrons. The van der Waals surface area contributed by atoms with Crippen molar-refractivity contribution in [3.8, 4) is 5.75 Å². The molecule has 3 aliphatic rings. The third-order valence-electron chi connectivity index (χ3n) is 6.45. The highest BCUT2D eigenvalue weighted by molar-refractivity contribution is 7.89. The fourth-order valence-electron chi connectivity index (χ4n) is 5.06. The number of hydrogen-bond donors (Lipinski definition) is 1. The van der Waals surface area contributed by atoms with Gasteiger partial charge >= 0.3 is 0 Å². The summed E-state index contributed by atoms with van der Waals surface area (Å²) in [4.78, 5) is 12.7. The number of rotatable bonds is 7. The van der Waals surface area contributed by atoms with Crippen molar-refractivity contribution < 1.29 is 22.7 Å². The van der Waals surface area contributed by atoms with Crippen molar-refractivity contribution in [3.05, 3.63) is 18.2 Å². The van der Waals surface area contributed by atoms with Gasteiger partial charge in [0.25, 0.3) is 0 Å². The summed E-state index contributed by atoms with van der Waals surface area (Å²) in [5.41, 5.74) is 0.494. The van der Waals surface area contributed by atoms with E-state index >= 15 is 0 Å². The number of hydrogen-bond acceptors (Lipinski definition) is 5. The van der Waals surface area contributed by atoms with E-state index in [1.165, 1.54) is 29.6 Å². The smallest absolute Gasteiger partial charge is 0.246 e. The van der Waals surface area contributed by atoms with Crippen LogP contribution in [0.1, 0.15) is 39.0 Å². The first-order valence-electron chi connectivity index (χ1n) is 10.6. The molecule has 3 fully saturated rings. The molecule has 3 atom stereocenters. The zero-order valence-corrected chi connectivity index (χ0v) is 17.7. The van der Waals surface area contributed by atoms with Gasteiger partial charge in [-0.15, -0.1) is 0 Å². The van der Waals surface area contributed by atoms with E-state index in [0.29, 0.717) is 62.6 Å². The Bertz CT molecular complexity index is 851. The Hall–Kier alpha value is -1.64. The Morgan fingerprint density at radius 2 is 2.03 bits per heavy atom. The third kappa shape index (κ3) is 4.44. The number of carbonyl (C=O) groups excluding carboxylic acids is 1. The number of carbonyl (C=O) groups is 1. The molecule has 0 spiro atoms. The fourth-order valence-corrected chi connectivity index (χ4v) is 6.63. The first-order chi connectivity index (χ1) is 14.0. The molecule has 2 saturated carbocycles. The van der Waals surface area contributed by atoms with Crippen LogP contribution in [0.5, 0.6) is 5.75 Å². The number of morpholine rings is 1. The maximum Gasteiger partial charge on any atom is 0.246 e. The van der Waals surface area contributed by atoms with Gasteiger partial charge < -0.3 is 14.8 Å². The lowest BCUT2D eigenvalue weighted by atomic mass is 9.86. The maximum absolute atomic E-state index is 13.2. The number of fused-ring (bicyclic) bond motifs is 2. The van der Waals surface area contributed by atoms with Gasteiger partial charge in [0.15, 0.2) is 0 Å². The molecule has 7 nitrogen and oxygen atoms in total. The lowest BCUT2D eigenvalue weighted by Gasteiger charge is -2.27. The Morgan fingerprint density at radius 3 is 2.69 bits per heavy atom. The summed E-state index contributed by atoms with van der Waals surface area (Å²) in [5.74, 6) is 2.22. The molecule has 1 heterocycles. The lowest BCUT2D eigenvalue weighted by molar-refractivity contribution is -0.117. The van der Waals surface area contributed by atoms with Gasteiger partial charge in [-0.3, -0.25) is 4.79 Å². The van der Waals surface area contributed by atoms with Crippen molar-refractivity contribution >= 4 is 21.6 Å². The lowest BCUT2D eigenvalue weighted by Crippen LogP contribution is -2.40. The van der Waals surface area contributed by atoms with Crippen LogP contribution in [0.4, 0.5) is 5.69 Å². The quantitative estimate of drug-likeness (QED) is 0.730. The summed E-state index contributed by atoms with van der Waals surface area (Å²) >= 11 is 0. The highest BCUT2D eigenvalue weighted by Crippen LogP contribution is 2.49. The Morgan fingerprint density at radius 1 is 1.24 bits per heavy atom. The molecule has 1 N–H and O–H groups in total. The van der Waals surface area contributed by atoms with E-state index in [9.17, 15) is 13.2 Å².